The first-order valence-electron chi connectivity index (χ1n) is 12.0. The number of carbonyl (C=O) groups is 3. The molecule has 0 spiro atoms. The van der Waals surface area contributed by atoms with Crippen LogP contribution < -0.4 is 15.4 Å². The molecule has 4 rings (SSSR count). The lowest BCUT2D eigenvalue weighted by Crippen LogP contribution is -2.49. The van der Waals surface area contributed by atoms with Gasteiger partial charge in [0.25, 0.3) is 5.91 Å². The normalized spacial score (nSPS) is 16.6. The number of benzene rings is 3. The van der Waals surface area contributed by atoms with Crippen LogP contribution in [0.2, 0.25) is 0 Å². The molecule has 38 heavy (non-hydrogen) atoms. The van der Waals surface area contributed by atoms with Gasteiger partial charge in [0.15, 0.2) is 0 Å². The van der Waals surface area contributed by atoms with Crippen LogP contribution in [0.5, 0.6) is 5.75 Å². The highest BCUT2D eigenvalue weighted by molar-refractivity contribution is 6.09. The van der Waals surface area contributed by atoms with Crippen molar-refractivity contribution < 1.29 is 33.7 Å². The maximum atomic E-state index is 14.5. The van der Waals surface area contributed by atoms with Crippen molar-refractivity contribution in [2.24, 2.45) is 0 Å². The number of aliphatic hydroxyl groups excluding tert-OH is 2. The highest BCUT2D eigenvalue weighted by Gasteiger charge is 2.45. The van der Waals surface area contributed by atoms with Crippen LogP contribution >= 0.6 is 0 Å². The molecule has 0 aromatic heterocycles. The Bertz CT molecular complexity index is 1300. The zero-order valence-corrected chi connectivity index (χ0v) is 20.6. The van der Waals surface area contributed by atoms with E-state index in [1.54, 1.807) is 61.5 Å². The summed E-state index contributed by atoms with van der Waals surface area (Å²) in [6, 6.07) is 16.5. The van der Waals surface area contributed by atoms with Crippen molar-refractivity contribution in [1.82, 2.24) is 10.2 Å². The summed E-state index contributed by atoms with van der Waals surface area (Å²) in [5.41, 5.74) is 1.81. The van der Waals surface area contributed by atoms with E-state index in [-0.39, 0.29) is 18.7 Å². The van der Waals surface area contributed by atoms with Crippen LogP contribution in [0.25, 0.3) is 0 Å². The first-order valence-corrected chi connectivity index (χ1v) is 12.0. The van der Waals surface area contributed by atoms with Gasteiger partial charge in [0.2, 0.25) is 5.91 Å². The number of nitrogens with one attached hydrogen (secondary N) is 2. The molecule has 3 aromatic carbocycles. The van der Waals surface area contributed by atoms with Gasteiger partial charge in [-0.3, -0.25) is 9.59 Å². The number of carbonyl (C=O) groups excluding carboxylic acids is 3. The summed E-state index contributed by atoms with van der Waals surface area (Å²) >= 11 is 0. The molecule has 4 N–H and O–H groups in total. The number of hydrogen-bond acceptors (Lipinski definition) is 6. The molecule has 3 atom stereocenters. The number of hydrogen-bond donors (Lipinski definition) is 4. The smallest absolute Gasteiger partial charge is 0.325 e. The second-order valence-corrected chi connectivity index (χ2v) is 8.99. The summed E-state index contributed by atoms with van der Waals surface area (Å²) in [6.07, 6.45) is -0.994. The minimum absolute atomic E-state index is 0.0337. The zero-order chi connectivity index (χ0) is 27.2. The Morgan fingerprint density at radius 2 is 1.82 bits per heavy atom. The van der Waals surface area contributed by atoms with Gasteiger partial charge in [0, 0.05) is 6.42 Å². The third-order valence-corrected chi connectivity index (χ3v) is 6.11. The van der Waals surface area contributed by atoms with Gasteiger partial charge >= 0.3 is 6.03 Å². The van der Waals surface area contributed by atoms with E-state index in [0.29, 0.717) is 22.4 Å². The summed E-state index contributed by atoms with van der Waals surface area (Å²) in [4.78, 5) is 40.7. The molecule has 1 saturated heterocycles. The highest BCUT2D eigenvalue weighted by Crippen LogP contribution is 2.27. The third-order valence-electron chi connectivity index (χ3n) is 6.11. The lowest BCUT2D eigenvalue weighted by atomic mass is 10.0. The number of imide groups is 1. The Balaban J connectivity index is 1.56. The van der Waals surface area contributed by atoms with E-state index >= 15 is 0 Å². The van der Waals surface area contributed by atoms with Gasteiger partial charge in [-0.2, -0.15) is 0 Å². The summed E-state index contributed by atoms with van der Waals surface area (Å²) in [7, 11) is 0. The average molecular weight is 522 g/mol. The maximum Gasteiger partial charge on any atom is 0.325 e. The van der Waals surface area contributed by atoms with Crippen molar-refractivity contribution in [1.29, 1.82) is 0 Å². The van der Waals surface area contributed by atoms with Crippen molar-refractivity contribution in [2.45, 2.75) is 31.5 Å². The van der Waals surface area contributed by atoms with Crippen LogP contribution in [0.4, 0.5) is 14.9 Å². The molecule has 3 aromatic rings. The summed E-state index contributed by atoms with van der Waals surface area (Å²) in [5.74, 6) is -1.55. The van der Waals surface area contributed by atoms with E-state index in [4.69, 9.17) is 9.84 Å². The lowest BCUT2D eigenvalue weighted by Gasteiger charge is -2.25. The van der Waals surface area contributed by atoms with Crippen LogP contribution in [0, 0.1) is 12.7 Å². The fraction of sp³-hybridized carbons (Fsp3) is 0.250. The molecular weight excluding hydrogens is 493 g/mol. The Morgan fingerprint density at radius 3 is 2.47 bits per heavy atom. The SMILES string of the molecule is Cc1ccc(NC(=O)C(Cc2ccccc2)N2C(=O)N[C@H](c3ccc(OCC(O)CO)cc3)C2=O)c(F)c1. The number of nitrogens with zero attached hydrogens (tertiary/aromatic N) is 1. The third kappa shape index (κ3) is 6.16. The van der Waals surface area contributed by atoms with E-state index in [9.17, 15) is 23.9 Å². The van der Waals surface area contributed by atoms with Crippen molar-refractivity contribution in [3.8, 4) is 5.75 Å². The predicted octanol–water partition coefficient (Wildman–Crippen LogP) is 2.71. The monoisotopic (exact) mass is 521 g/mol. The fourth-order valence-corrected chi connectivity index (χ4v) is 4.09. The van der Waals surface area contributed by atoms with E-state index in [1.807, 2.05) is 6.07 Å². The number of halogens is 1. The number of aryl methyl sites for hydroxylation is 1. The number of urea groups is 1. The topological polar surface area (TPSA) is 128 Å². The largest absolute Gasteiger partial charge is 0.491 e. The van der Waals surface area contributed by atoms with Gasteiger partial charge in [-0.15, -0.1) is 0 Å². The average Bonchev–Trinajstić information content (AvgIpc) is 3.21. The van der Waals surface area contributed by atoms with Gasteiger partial charge in [-0.1, -0.05) is 48.5 Å². The summed E-state index contributed by atoms with van der Waals surface area (Å²) < 4.78 is 19.8. The zero-order valence-electron chi connectivity index (χ0n) is 20.6. The standard InChI is InChI=1S/C28H28FN3O6/c1-17-7-12-23(22(29)13-17)30-26(35)24(14-18-5-3-2-4-6-18)32-27(36)25(31-28(32)37)19-8-10-21(11-9-19)38-16-20(34)15-33/h2-13,20,24-25,33-34H,14-16H2,1H3,(H,30,35)(H,31,37)/t20?,24?,25-/m1/s1. The predicted molar refractivity (Wildman–Crippen MR) is 137 cm³/mol. The molecule has 1 heterocycles. The Hall–Kier alpha value is -4.28. The van der Waals surface area contributed by atoms with Crippen LogP contribution in [-0.2, 0) is 16.0 Å². The van der Waals surface area contributed by atoms with Crippen LogP contribution in [0.1, 0.15) is 22.7 Å². The second-order valence-electron chi connectivity index (χ2n) is 8.99. The first kappa shape index (κ1) is 26.8. The molecule has 2 unspecified atom stereocenters. The Morgan fingerprint density at radius 1 is 1.11 bits per heavy atom. The molecule has 0 radical (unpaired) electrons. The number of anilines is 1. The first-order chi connectivity index (χ1) is 18.3. The number of ether oxygens (including phenoxy) is 1. The molecule has 0 bridgehead atoms. The summed E-state index contributed by atoms with van der Waals surface area (Å²) in [5, 5.41) is 23.5. The molecule has 0 saturated carbocycles. The van der Waals surface area contributed by atoms with Crippen molar-refractivity contribution >= 4 is 23.5 Å². The highest BCUT2D eigenvalue weighted by atomic mass is 19.1. The molecule has 1 aliphatic rings. The van der Waals surface area contributed by atoms with E-state index in [0.717, 1.165) is 4.90 Å². The minimum Gasteiger partial charge on any atom is -0.491 e. The van der Waals surface area contributed by atoms with Crippen LogP contribution in [-0.4, -0.2) is 58.3 Å². The van der Waals surface area contributed by atoms with Crippen molar-refractivity contribution in [3.63, 3.8) is 0 Å². The molecular formula is C28H28FN3O6. The Kier molecular flexibility index (Phi) is 8.35. The van der Waals surface area contributed by atoms with E-state index in [1.165, 1.54) is 12.1 Å². The van der Waals surface area contributed by atoms with Crippen LogP contribution in [0.15, 0.2) is 72.8 Å². The van der Waals surface area contributed by atoms with Crippen LogP contribution in [0.3, 0.4) is 0 Å². The second kappa shape index (κ2) is 11.8. The quantitative estimate of drug-likeness (QED) is 0.304. The molecule has 9 nitrogen and oxygen atoms in total. The van der Waals surface area contributed by atoms with Gasteiger partial charge < -0.3 is 25.6 Å². The minimum atomic E-state index is -1.24. The fourth-order valence-electron chi connectivity index (χ4n) is 4.09. The number of amides is 4. The Labute approximate surface area is 218 Å². The molecule has 4 amide bonds. The molecule has 1 fully saturated rings. The number of aliphatic hydroxyl groups is 2. The molecule has 10 heteroatoms. The lowest BCUT2D eigenvalue weighted by molar-refractivity contribution is -0.134. The van der Waals surface area contributed by atoms with Gasteiger partial charge in [-0.05, 0) is 47.9 Å². The van der Waals surface area contributed by atoms with Gasteiger partial charge in [0.05, 0.1) is 12.3 Å². The molecule has 1 aliphatic heterocycles. The maximum absolute atomic E-state index is 14.5. The number of rotatable bonds is 10. The molecule has 0 aliphatic carbocycles. The molecule has 198 valence electrons. The van der Waals surface area contributed by atoms with E-state index < -0.39 is 48.5 Å². The van der Waals surface area contributed by atoms with Crippen molar-refractivity contribution in [3.05, 3.63) is 95.3 Å². The summed E-state index contributed by atoms with van der Waals surface area (Å²) in [6.45, 7) is 1.17. The van der Waals surface area contributed by atoms with Gasteiger partial charge in [0.1, 0.15) is 36.4 Å². The van der Waals surface area contributed by atoms with Gasteiger partial charge in [-0.25, -0.2) is 14.1 Å². The van der Waals surface area contributed by atoms with Crippen molar-refractivity contribution in [2.75, 3.05) is 18.5 Å². The van der Waals surface area contributed by atoms with E-state index in [2.05, 4.69) is 10.6 Å².